The number of nitrogen functional groups attached to an aromatic ring is 1. The van der Waals surface area contributed by atoms with Crippen molar-refractivity contribution in [2.75, 3.05) is 5.73 Å². The standard InChI is InChI=1S/C16H16FN3/c1-10(2)11-5-7-12(8-6-11)14-15(18)20-9-3-4-13(17)16(20)19-14/h3-10H,18H2,1-2H3. The van der Waals surface area contributed by atoms with Gasteiger partial charge >= 0.3 is 0 Å². The summed E-state index contributed by atoms with van der Waals surface area (Å²) in [5.41, 5.74) is 9.10. The maximum Gasteiger partial charge on any atom is 0.175 e. The number of hydrogen-bond acceptors (Lipinski definition) is 2. The number of imidazole rings is 1. The molecule has 20 heavy (non-hydrogen) atoms. The lowest BCUT2D eigenvalue weighted by Crippen LogP contribution is -1.94. The number of rotatable bonds is 2. The van der Waals surface area contributed by atoms with Crippen LogP contribution in [0.4, 0.5) is 10.2 Å². The molecular formula is C16H16FN3. The molecule has 3 nitrogen and oxygen atoms in total. The van der Waals surface area contributed by atoms with Crippen molar-refractivity contribution in [2.24, 2.45) is 0 Å². The number of anilines is 1. The number of benzene rings is 1. The Labute approximate surface area is 116 Å². The summed E-state index contributed by atoms with van der Waals surface area (Å²) in [7, 11) is 0. The average molecular weight is 269 g/mol. The first kappa shape index (κ1) is 12.7. The van der Waals surface area contributed by atoms with E-state index in [1.54, 1.807) is 16.7 Å². The van der Waals surface area contributed by atoms with Crippen LogP contribution in [0.15, 0.2) is 42.6 Å². The molecule has 2 N–H and O–H groups in total. The highest BCUT2D eigenvalue weighted by molar-refractivity contribution is 5.75. The van der Waals surface area contributed by atoms with Crippen LogP contribution in [0.25, 0.3) is 16.9 Å². The number of halogens is 1. The largest absolute Gasteiger partial charge is 0.383 e. The molecule has 0 bridgehead atoms. The van der Waals surface area contributed by atoms with E-state index in [1.807, 2.05) is 12.1 Å². The van der Waals surface area contributed by atoms with E-state index in [4.69, 9.17) is 5.73 Å². The molecule has 0 radical (unpaired) electrons. The lowest BCUT2D eigenvalue weighted by Gasteiger charge is -2.06. The molecule has 0 atom stereocenters. The third kappa shape index (κ3) is 1.93. The Morgan fingerprint density at radius 3 is 2.45 bits per heavy atom. The minimum atomic E-state index is -0.371. The van der Waals surface area contributed by atoms with Gasteiger partial charge in [0.25, 0.3) is 0 Å². The number of pyridine rings is 1. The van der Waals surface area contributed by atoms with Crippen LogP contribution in [0, 0.1) is 5.82 Å². The van der Waals surface area contributed by atoms with Gasteiger partial charge in [-0.1, -0.05) is 38.1 Å². The molecule has 0 aliphatic carbocycles. The first-order valence-electron chi connectivity index (χ1n) is 6.60. The van der Waals surface area contributed by atoms with Crippen molar-refractivity contribution >= 4 is 11.5 Å². The molecule has 0 saturated carbocycles. The van der Waals surface area contributed by atoms with E-state index >= 15 is 0 Å². The van der Waals surface area contributed by atoms with Gasteiger partial charge in [0.1, 0.15) is 11.5 Å². The first-order chi connectivity index (χ1) is 9.58. The van der Waals surface area contributed by atoms with Crippen LogP contribution < -0.4 is 5.73 Å². The van der Waals surface area contributed by atoms with Crippen LogP contribution in [-0.4, -0.2) is 9.38 Å². The molecule has 0 spiro atoms. The van der Waals surface area contributed by atoms with Crippen molar-refractivity contribution in [2.45, 2.75) is 19.8 Å². The zero-order valence-electron chi connectivity index (χ0n) is 11.5. The molecule has 1 aromatic carbocycles. The van der Waals surface area contributed by atoms with Gasteiger partial charge in [-0.15, -0.1) is 0 Å². The second-order valence-corrected chi connectivity index (χ2v) is 5.17. The summed E-state index contributed by atoms with van der Waals surface area (Å²) in [6.45, 7) is 4.29. The van der Waals surface area contributed by atoms with Crippen molar-refractivity contribution in [1.82, 2.24) is 9.38 Å². The number of nitrogens with two attached hydrogens (primary N) is 1. The fourth-order valence-electron chi connectivity index (χ4n) is 2.29. The van der Waals surface area contributed by atoms with Gasteiger partial charge in [-0.3, -0.25) is 4.40 Å². The molecule has 0 fully saturated rings. The number of fused-ring (bicyclic) bond motifs is 1. The summed E-state index contributed by atoms with van der Waals surface area (Å²) in [4.78, 5) is 4.32. The smallest absolute Gasteiger partial charge is 0.175 e. The van der Waals surface area contributed by atoms with E-state index in [0.717, 1.165) is 5.56 Å². The molecule has 2 aromatic heterocycles. The van der Waals surface area contributed by atoms with E-state index in [-0.39, 0.29) is 11.5 Å². The van der Waals surface area contributed by atoms with E-state index < -0.39 is 0 Å². The fraction of sp³-hybridized carbons (Fsp3) is 0.188. The molecule has 3 aromatic rings. The summed E-state index contributed by atoms with van der Waals surface area (Å²) in [5.74, 6) is 0.556. The molecule has 0 aliphatic heterocycles. The van der Waals surface area contributed by atoms with Gasteiger partial charge in [-0.25, -0.2) is 9.37 Å². The van der Waals surface area contributed by atoms with Crippen LogP contribution in [0.2, 0.25) is 0 Å². The van der Waals surface area contributed by atoms with Crippen molar-refractivity contribution in [3.8, 4) is 11.3 Å². The predicted molar refractivity (Wildman–Crippen MR) is 79.1 cm³/mol. The van der Waals surface area contributed by atoms with Gasteiger partial charge in [-0.2, -0.15) is 0 Å². The second-order valence-electron chi connectivity index (χ2n) is 5.17. The highest BCUT2D eigenvalue weighted by Crippen LogP contribution is 2.28. The summed E-state index contributed by atoms with van der Waals surface area (Å²) in [6, 6.07) is 11.1. The summed E-state index contributed by atoms with van der Waals surface area (Å²) in [5, 5.41) is 0. The minimum Gasteiger partial charge on any atom is -0.383 e. The number of nitrogens with zero attached hydrogens (tertiary/aromatic N) is 2. The van der Waals surface area contributed by atoms with E-state index in [1.165, 1.54) is 11.6 Å². The Morgan fingerprint density at radius 1 is 1.15 bits per heavy atom. The van der Waals surface area contributed by atoms with Crippen LogP contribution in [0.1, 0.15) is 25.3 Å². The maximum atomic E-state index is 13.7. The number of hydrogen-bond donors (Lipinski definition) is 1. The Kier molecular flexibility index (Phi) is 2.93. The minimum absolute atomic E-state index is 0.257. The lowest BCUT2D eigenvalue weighted by atomic mass is 10.0. The summed E-state index contributed by atoms with van der Waals surface area (Å²) >= 11 is 0. The van der Waals surface area contributed by atoms with Gasteiger partial charge in [0.05, 0.1) is 0 Å². The maximum absolute atomic E-state index is 13.7. The van der Waals surface area contributed by atoms with E-state index in [0.29, 0.717) is 17.4 Å². The van der Waals surface area contributed by atoms with Crippen LogP contribution in [0.3, 0.4) is 0 Å². The third-order valence-corrected chi connectivity index (χ3v) is 3.49. The first-order valence-corrected chi connectivity index (χ1v) is 6.60. The molecule has 102 valence electrons. The SMILES string of the molecule is CC(C)c1ccc(-c2nc3c(F)cccn3c2N)cc1. The van der Waals surface area contributed by atoms with Crippen molar-refractivity contribution < 1.29 is 4.39 Å². The zero-order chi connectivity index (χ0) is 14.3. The molecule has 0 aliphatic rings. The van der Waals surface area contributed by atoms with E-state index in [2.05, 4.69) is 31.0 Å². The van der Waals surface area contributed by atoms with Crippen molar-refractivity contribution in [3.63, 3.8) is 0 Å². The highest BCUT2D eigenvalue weighted by Gasteiger charge is 2.13. The van der Waals surface area contributed by atoms with Crippen molar-refractivity contribution in [3.05, 3.63) is 54.0 Å². The molecule has 0 unspecified atom stereocenters. The van der Waals surface area contributed by atoms with Crippen LogP contribution in [-0.2, 0) is 0 Å². The monoisotopic (exact) mass is 269 g/mol. The van der Waals surface area contributed by atoms with Gasteiger partial charge in [-0.05, 0) is 23.6 Å². The number of aromatic nitrogens is 2. The van der Waals surface area contributed by atoms with E-state index in [9.17, 15) is 4.39 Å². The lowest BCUT2D eigenvalue weighted by molar-refractivity contribution is 0.630. The predicted octanol–water partition coefficient (Wildman–Crippen LogP) is 3.85. The summed E-state index contributed by atoms with van der Waals surface area (Å²) < 4.78 is 15.3. The van der Waals surface area contributed by atoms with Gasteiger partial charge in [0.15, 0.2) is 11.5 Å². The van der Waals surface area contributed by atoms with Crippen LogP contribution in [0.5, 0.6) is 0 Å². The molecule has 3 rings (SSSR count). The van der Waals surface area contributed by atoms with Gasteiger partial charge in [0, 0.05) is 11.8 Å². The molecular weight excluding hydrogens is 253 g/mol. The molecule has 0 amide bonds. The van der Waals surface area contributed by atoms with Crippen molar-refractivity contribution in [1.29, 1.82) is 0 Å². The fourth-order valence-corrected chi connectivity index (χ4v) is 2.29. The third-order valence-electron chi connectivity index (χ3n) is 3.49. The highest BCUT2D eigenvalue weighted by atomic mass is 19.1. The Bertz CT molecular complexity index is 757. The van der Waals surface area contributed by atoms with Crippen LogP contribution >= 0.6 is 0 Å². The summed E-state index contributed by atoms with van der Waals surface area (Å²) in [6.07, 6.45) is 1.72. The normalized spacial score (nSPS) is 11.4. The zero-order valence-corrected chi connectivity index (χ0v) is 11.5. The Morgan fingerprint density at radius 2 is 1.85 bits per heavy atom. The van der Waals surface area contributed by atoms with Gasteiger partial charge < -0.3 is 5.73 Å². The molecule has 0 saturated heterocycles. The van der Waals surface area contributed by atoms with Gasteiger partial charge in [0.2, 0.25) is 0 Å². The topological polar surface area (TPSA) is 43.3 Å². The molecule has 2 heterocycles. The average Bonchev–Trinajstić information content (AvgIpc) is 2.78. The Balaban J connectivity index is 2.14. The molecule has 4 heteroatoms. The quantitative estimate of drug-likeness (QED) is 0.768. The Hall–Kier alpha value is -2.36. The second kappa shape index (κ2) is 4.63.